The average Bonchev–Trinajstić information content (AvgIpc) is 2.69. The van der Waals surface area contributed by atoms with Gasteiger partial charge in [0.05, 0.1) is 17.8 Å². The van der Waals surface area contributed by atoms with E-state index in [2.05, 4.69) is 36.2 Å². The first kappa shape index (κ1) is 20.9. The van der Waals surface area contributed by atoms with Gasteiger partial charge in [-0.05, 0) is 48.4 Å². The van der Waals surface area contributed by atoms with E-state index in [9.17, 15) is 9.59 Å². The molecule has 5 heteroatoms. The van der Waals surface area contributed by atoms with Gasteiger partial charge < -0.3 is 16.0 Å². The van der Waals surface area contributed by atoms with Gasteiger partial charge in [-0.3, -0.25) is 9.59 Å². The maximum atomic E-state index is 12.6. The zero-order chi connectivity index (χ0) is 20.8. The number of nitrogens with two attached hydrogens (primary N) is 1. The van der Waals surface area contributed by atoms with E-state index in [1.54, 1.807) is 0 Å². The molecule has 1 fully saturated rings. The normalized spacial score (nSPS) is 14.8. The van der Waals surface area contributed by atoms with E-state index in [1.807, 2.05) is 36.4 Å². The van der Waals surface area contributed by atoms with Crippen LogP contribution in [0.2, 0.25) is 0 Å². The summed E-state index contributed by atoms with van der Waals surface area (Å²) >= 11 is 0. The molecule has 3 N–H and O–H groups in total. The molecule has 0 saturated carbocycles. The van der Waals surface area contributed by atoms with E-state index < -0.39 is 0 Å². The molecule has 0 atom stereocenters. The van der Waals surface area contributed by atoms with Crippen LogP contribution in [0.25, 0.3) is 0 Å². The standard InChI is InChI=1S/C24H31N3O2/c1-17(2)15-18-7-9-19(10-8-18)16-23(28)26-21-5-3-4-6-22(21)27-13-11-20(12-14-27)24(25)29/h3-10,17,20H,11-16H2,1-2H3,(H2,25,29)(H,26,28). The summed E-state index contributed by atoms with van der Waals surface area (Å²) in [6.07, 6.45) is 2.90. The summed E-state index contributed by atoms with van der Waals surface area (Å²) in [7, 11) is 0. The monoisotopic (exact) mass is 393 g/mol. The van der Waals surface area contributed by atoms with Gasteiger partial charge in [0, 0.05) is 19.0 Å². The van der Waals surface area contributed by atoms with Crippen LogP contribution < -0.4 is 16.0 Å². The van der Waals surface area contributed by atoms with Crippen LogP contribution in [0.1, 0.15) is 37.8 Å². The lowest BCUT2D eigenvalue weighted by Gasteiger charge is -2.33. The van der Waals surface area contributed by atoms with Crippen molar-refractivity contribution in [2.75, 3.05) is 23.3 Å². The Kier molecular flexibility index (Phi) is 6.91. The minimum absolute atomic E-state index is 0.0268. The van der Waals surface area contributed by atoms with Crippen molar-refractivity contribution in [1.29, 1.82) is 0 Å². The largest absolute Gasteiger partial charge is 0.370 e. The third-order valence-electron chi connectivity index (χ3n) is 5.45. The number of amides is 2. The number of nitrogens with one attached hydrogen (secondary N) is 1. The number of primary amides is 1. The molecule has 0 aromatic heterocycles. The highest BCUT2D eigenvalue weighted by molar-refractivity contribution is 5.95. The van der Waals surface area contributed by atoms with E-state index in [-0.39, 0.29) is 17.7 Å². The smallest absolute Gasteiger partial charge is 0.228 e. The fourth-order valence-corrected chi connectivity index (χ4v) is 3.90. The summed E-state index contributed by atoms with van der Waals surface area (Å²) in [6.45, 7) is 5.93. The van der Waals surface area contributed by atoms with Crippen molar-refractivity contribution in [3.8, 4) is 0 Å². The lowest BCUT2D eigenvalue weighted by molar-refractivity contribution is -0.122. The first-order valence-corrected chi connectivity index (χ1v) is 10.4. The van der Waals surface area contributed by atoms with Crippen molar-refractivity contribution in [2.24, 2.45) is 17.6 Å². The zero-order valence-corrected chi connectivity index (χ0v) is 17.4. The average molecular weight is 394 g/mol. The Bertz CT molecular complexity index is 837. The van der Waals surface area contributed by atoms with Gasteiger partial charge in [-0.2, -0.15) is 0 Å². The number of hydrogen-bond acceptors (Lipinski definition) is 3. The van der Waals surface area contributed by atoms with E-state index in [1.165, 1.54) is 5.56 Å². The second-order valence-corrected chi connectivity index (χ2v) is 8.32. The number of hydrogen-bond donors (Lipinski definition) is 2. The van der Waals surface area contributed by atoms with Gasteiger partial charge in [0.2, 0.25) is 11.8 Å². The van der Waals surface area contributed by atoms with Crippen molar-refractivity contribution >= 4 is 23.2 Å². The van der Waals surface area contributed by atoms with Crippen LogP contribution in [0, 0.1) is 11.8 Å². The maximum Gasteiger partial charge on any atom is 0.228 e. The van der Waals surface area contributed by atoms with E-state index in [4.69, 9.17) is 5.73 Å². The lowest BCUT2D eigenvalue weighted by Crippen LogP contribution is -2.38. The molecule has 1 saturated heterocycles. The molecule has 0 bridgehead atoms. The summed E-state index contributed by atoms with van der Waals surface area (Å²) < 4.78 is 0. The number of carbonyl (C=O) groups excluding carboxylic acids is 2. The summed E-state index contributed by atoms with van der Waals surface area (Å²) in [5.41, 5.74) is 9.56. The molecule has 0 radical (unpaired) electrons. The summed E-state index contributed by atoms with van der Waals surface area (Å²) in [5.74, 6) is 0.326. The first-order valence-electron chi connectivity index (χ1n) is 10.4. The predicted molar refractivity (Wildman–Crippen MR) is 118 cm³/mol. The second kappa shape index (κ2) is 9.59. The predicted octanol–water partition coefficient (Wildman–Crippen LogP) is 3.77. The Balaban J connectivity index is 1.62. The van der Waals surface area contributed by atoms with Crippen LogP contribution in [0.5, 0.6) is 0 Å². The number of carbonyl (C=O) groups is 2. The molecule has 0 aliphatic carbocycles. The van der Waals surface area contributed by atoms with Gasteiger partial charge >= 0.3 is 0 Å². The molecule has 29 heavy (non-hydrogen) atoms. The van der Waals surface area contributed by atoms with Gasteiger partial charge in [0.25, 0.3) is 0 Å². The Hall–Kier alpha value is -2.82. The number of para-hydroxylation sites is 2. The number of benzene rings is 2. The molecule has 2 amide bonds. The first-order chi connectivity index (χ1) is 13.9. The maximum absolute atomic E-state index is 12.6. The molecule has 1 heterocycles. The Labute approximate surface area is 173 Å². The van der Waals surface area contributed by atoms with Crippen molar-refractivity contribution in [3.05, 3.63) is 59.7 Å². The van der Waals surface area contributed by atoms with Crippen molar-refractivity contribution < 1.29 is 9.59 Å². The topological polar surface area (TPSA) is 75.4 Å². The van der Waals surface area contributed by atoms with Crippen LogP contribution >= 0.6 is 0 Å². The summed E-state index contributed by atoms with van der Waals surface area (Å²) in [4.78, 5) is 26.3. The highest BCUT2D eigenvalue weighted by atomic mass is 16.2. The van der Waals surface area contributed by atoms with E-state index >= 15 is 0 Å². The van der Waals surface area contributed by atoms with Crippen LogP contribution in [-0.2, 0) is 22.4 Å². The van der Waals surface area contributed by atoms with E-state index in [0.717, 1.165) is 49.3 Å². The van der Waals surface area contributed by atoms with Crippen LogP contribution in [0.15, 0.2) is 48.5 Å². The minimum Gasteiger partial charge on any atom is -0.370 e. The van der Waals surface area contributed by atoms with Gasteiger partial charge in [-0.1, -0.05) is 50.2 Å². The molecule has 3 rings (SSSR count). The van der Waals surface area contributed by atoms with Gasteiger partial charge in [0.1, 0.15) is 0 Å². The van der Waals surface area contributed by atoms with Crippen LogP contribution in [-0.4, -0.2) is 24.9 Å². The molecular formula is C24H31N3O2. The molecule has 0 spiro atoms. The Morgan fingerprint density at radius 3 is 2.28 bits per heavy atom. The number of nitrogens with zero attached hydrogens (tertiary/aromatic N) is 1. The van der Waals surface area contributed by atoms with E-state index in [0.29, 0.717) is 12.3 Å². The molecular weight excluding hydrogens is 362 g/mol. The fraction of sp³-hybridized carbons (Fsp3) is 0.417. The third-order valence-corrected chi connectivity index (χ3v) is 5.45. The van der Waals surface area contributed by atoms with Crippen molar-refractivity contribution in [1.82, 2.24) is 0 Å². The van der Waals surface area contributed by atoms with Gasteiger partial charge in [0.15, 0.2) is 0 Å². The molecule has 2 aromatic carbocycles. The molecule has 1 aliphatic rings. The SMILES string of the molecule is CC(C)Cc1ccc(CC(=O)Nc2ccccc2N2CCC(C(N)=O)CC2)cc1. The summed E-state index contributed by atoms with van der Waals surface area (Å²) in [5, 5.41) is 3.06. The molecule has 5 nitrogen and oxygen atoms in total. The summed E-state index contributed by atoms with van der Waals surface area (Å²) in [6, 6.07) is 16.1. The zero-order valence-electron chi connectivity index (χ0n) is 17.4. The van der Waals surface area contributed by atoms with Crippen molar-refractivity contribution in [3.63, 3.8) is 0 Å². The molecule has 154 valence electrons. The number of piperidine rings is 1. The minimum atomic E-state index is -0.217. The quantitative estimate of drug-likeness (QED) is 0.752. The second-order valence-electron chi connectivity index (χ2n) is 8.32. The van der Waals surface area contributed by atoms with Crippen LogP contribution in [0.3, 0.4) is 0 Å². The molecule has 1 aliphatic heterocycles. The fourth-order valence-electron chi connectivity index (χ4n) is 3.90. The van der Waals surface area contributed by atoms with Gasteiger partial charge in [-0.15, -0.1) is 0 Å². The highest BCUT2D eigenvalue weighted by Crippen LogP contribution is 2.30. The Morgan fingerprint density at radius 1 is 1.03 bits per heavy atom. The highest BCUT2D eigenvalue weighted by Gasteiger charge is 2.24. The van der Waals surface area contributed by atoms with Gasteiger partial charge in [-0.25, -0.2) is 0 Å². The number of anilines is 2. The Morgan fingerprint density at radius 2 is 1.66 bits per heavy atom. The molecule has 2 aromatic rings. The lowest BCUT2D eigenvalue weighted by atomic mass is 9.96. The van der Waals surface area contributed by atoms with Crippen LogP contribution in [0.4, 0.5) is 11.4 Å². The third kappa shape index (κ3) is 5.83. The number of rotatable bonds is 7. The van der Waals surface area contributed by atoms with Crippen molar-refractivity contribution in [2.45, 2.75) is 39.5 Å². The molecule has 0 unspecified atom stereocenters.